The molecule has 178 valence electrons. The molecule has 1 saturated carbocycles. The smallest absolute Gasteiger partial charge is 0.261 e. The van der Waals surface area contributed by atoms with E-state index in [0.29, 0.717) is 41.7 Å². The van der Waals surface area contributed by atoms with Gasteiger partial charge in [0.05, 0.1) is 35.3 Å². The van der Waals surface area contributed by atoms with E-state index in [1.165, 1.54) is 0 Å². The Kier molecular flexibility index (Phi) is 6.03. The van der Waals surface area contributed by atoms with Gasteiger partial charge in [0, 0.05) is 31.3 Å². The summed E-state index contributed by atoms with van der Waals surface area (Å²) in [4.78, 5) is 41.6. The van der Waals surface area contributed by atoms with Crippen LogP contribution in [0.2, 0.25) is 0 Å². The molecule has 1 aliphatic carbocycles. The molecule has 2 aliphatic heterocycles. The summed E-state index contributed by atoms with van der Waals surface area (Å²) in [6, 6.07) is 15.9. The van der Waals surface area contributed by atoms with E-state index in [2.05, 4.69) is 5.32 Å². The molecule has 35 heavy (non-hydrogen) atoms. The van der Waals surface area contributed by atoms with Crippen molar-refractivity contribution in [1.29, 1.82) is 5.41 Å². The number of imide groups is 1. The third kappa shape index (κ3) is 4.27. The van der Waals surface area contributed by atoms with Crippen LogP contribution in [-0.2, 0) is 4.79 Å². The zero-order valence-corrected chi connectivity index (χ0v) is 19.1. The molecule has 2 aromatic carbocycles. The van der Waals surface area contributed by atoms with E-state index < -0.39 is 11.8 Å². The van der Waals surface area contributed by atoms with Crippen molar-refractivity contribution in [2.75, 3.05) is 19.6 Å². The van der Waals surface area contributed by atoms with E-state index in [4.69, 9.17) is 5.41 Å². The fourth-order valence-electron chi connectivity index (χ4n) is 4.58. The van der Waals surface area contributed by atoms with E-state index in [1.54, 1.807) is 24.3 Å². The molecule has 0 atom stereocenters. The summed E-state index contributed by atoms with van der Waals surface area (Å²) < 4.78 is 13.9. The lowest BCUT2D eigenvalue weighted by Crippen LogP contribution is -2.43. The first kappa shape index (κ1) is 22.7. The van der Waals surface area contributed by atoms with Gasteiger partial charge in [-0.1, -0.05) is 42.5 Å². The van der Waals surface area contributed by atoms with Crippen molar-refractivity contribution >= 4 is 29.1 Å². The minimum absolute atomic E-state index is 0.0401. The third-order valence-electron chi connectivity index (χ3n) is 6.57. The average Bonchev–Trinajstić information content (AvgIpc) is 3.69. The van der Waals surface area contributed by atoms with Crippen LogP contribution >= 0.6 is 0 Å². The van der Waals surface area contributed by atoms with Gasteiger partial charge in [0.15, 0.2) is 0 Å². The zero-order valence-electron chi connectivity index (χ0n) is 19.1. The van der Waals surface area contributed by atoms with Crippen LogP contribution in [-0.4, -0.2) is 58.9 Å². The molecule has 3 aliphatic rings. The van der Waals surface area contributed by atoms with Gasteiger partial charge in [-0.25, -0.2) is 4.39 Å². The number of nitrogens with one attached hydrogen (secondary N) is 2. The molecule has 1 saturated heterocycles. The minimum Gasteiger partial charge on any atom is -0.380 e. The number of piperidine rings is 1. The van der Waals surface area contributed by atoms with Gasteiger partial charge >= 0.3 is 0 Å². The van der Waals surface area contributed by atoms with Crippen molar-refractivity contribution in [2.24, 2.45) is 0 Å². The predicted octanol–water partition coefficient (Wildman–Crippen LogP) is 3.55. The van der Waals surface area contributed by atoms with Crippen molar-refractivity contribution in [3.63, 3.8) is 0 Å². The Hall–Kier alpha value is -4.07. The maximum Gasteiger partial charge on any atom is 0.261 e. The van der Waals surface area contributed by atoms with Gasteiger partial charge in [0.2, 0.25) is 0 Å². The van der Waals surface area contributed by atoms with E-state index in [0.717, 1.165) is 17.7 Å². The molecule has 0 aromatic heterocycles. The standard InChI is InChI=1S/C27H25FN4O3/c28-14-17(16-32-25(33)20-8-4-5-9-21(20)26(32)34)15-30-24(18-6-2-1-3-7-18)23-22(29)12-13-31(27(23)35)19-10-11-19/h1-9,14,19,29-30H,10-13,15-16H2/b17-14-,24-23+,29-22?. The van der Waals surface area contributed by atoms with E-state index in [9.17, 15) is 18.8 Å². The molecule has 0 radical (unpaired) electrons. The van der Waals surface area contributed by atoms with Crippen molar-refractivity contribution in [3.05, 3.63) is 88.8 Å². The number of fused-ring (bicyclic) bond motifs is 1. The molecule has 8 heteroatoms. The Morgan fingerprint density at radius 3 is 2.20 bits per heavy atom. The number of nitrogens with zero attached hydrogens (tertiary/aromatic N) is 2. The number of carbonyl (C=O) groups excluding carboxylic acids is 3. The molecule has 0 unspecified atom stereocenters. The second kappa shape index (κ2) is 9.29. The van der Waals surface area contributed by atoms with Crippen LogP contribution in [0.5, 0.6) is 0 Å². The number of likely N-dealkylation sites (tertiary alicyclic amines) is 1. The summed E-state index contributed by atoms with van der Waals surface area (Å²) in [5, 5.41) is 11.7. The number of benzene rings is 2. The van der Waals surface area contributed by atoms with Crippen LogP contribution in [0, 0.1) is 5.41 Å². The van der Waals surface area contributed by atoms with Crippen LogP contribution in [0.4, 0.5) is 4.39 Å². The summed E-state index contributed by atoms with van der Waals surface area (Å²) in [7, 11) is 0. The fourth-order valence-corrected chi connectivity index (χ4v) is 4.58. The Bertz CT molecular complexity index is 1250. The third-order valence-corrected chi connectivity index (χ3v) is 6.57. The highest BCUT2D eigenvalue weighted by Crippen LogP contribution is 2.33. The molecular weight excluding hydrogens is 447 g/mol. The van der Waals surface area contributed by atoms with Gasteiger partial charge < -0.3 is 15.6 Å². The monoisotopic (exact) mass is 472 g/mol. The summed E-state index contributed by atoms with van der Waals surface area (Å²) in [5.74, 6) is -1.12. The second-order valence-corrected chi connectivity index (χ2v) is 8.94. The number of rotatable bonds is 7. The molecule has 2 N–H and O–H groups in total. The first-order valence-electron chi connectivity index (χ1n) is 11.6. The van der Waals surface area contributed by atoms with Crippen LogP contribution < -0.4 is 5.32 Å². The highest BCUT2D eigenvalue weighted by atomic mass is 19.1. The van der Waals surface area contributed by atoms with E-state index >= 15 is 0 Å². The Labute approximate surface area is 202 Å². The zero-order chi connectivity index (χ0) is 24.5. The Morgan fingerprint density at radius 2 is 1.60 bits per heavy atom. The van der Waals surface area contributed by atoms with Gasteiger partial charge in [-0.3, -0.25) is 19.3 Å². The van der Waals surface area contributed by atoms with Crippen molar-refractivity contribution in [2.45, 2.75) is 25.3 Å². The highest BCUT2D eigenvalue weighted by Gasteiger charge is 2.39. The maximum atomic E-state index is 13.9. The number of hydrogen-bond acceptors (Lipinski definition) is 5. The summed E-state index contributed by atoms with van der Waals surface area (Å²) in [6.45, 7) is 0.276. The van der Waals surface area contributed by atoms with Gasteiger partial charge in [0.1, 0.15) is 0 Å². The molecule has 0 spiro atoms. The maximum absolute atomic E-state index is 13.9. The van der Waals surface area contributed by atoms with Crippen molar-refractivity contribution in [1.82, 2.24) is 15.1 Å². The molecule has 5 rings (SSSR count). The van der Waals surface area contributed by atoms with Gasteiger partial charge in [-0.2, -0.15) is 0 Å². The molecular formula is C27H25FN4O3. The van der Waals surface area contributed by atoms with Crippen LogP contribution in [0.1, 0.15) is 45.5 Å². The Morgan fingerprint density at radius 1 is 0.971 bits per heavy atom. The lowest BCUT2D eigenvalue weighted by atomic mass is 9.95. The first-order chi connectivity index (χ1) is 17.0. The quantitative estimate of drug-likeness (QED) is 0.476. The van der Waals surface area contributed by atoms with Crippen molar-refractivity contribution < 1.29 is 18.8 Å². The highest BCUT2D eigenvalue weighted by molar-refractivity contribution is 6.26. The number of carbonyl (C=O) groups is 3. The summed E-state index contributed by atoms with van der Waals surface area (Å²) in [5.41, 5.74) is 2.46. The largest absolute Gasteiger partial charge is 0.380 e. The lowest BCUT2D eigenvalue weighted by Gasteiger charge is -2.31. The average molecular weight is 473 g/mol. The number of amides is 3. The molecule has 3 amide bonds. The van der Waals surface area contributed by atoms with Crippen LogP contribution in [0.25, 0.3) is 5.70 Å². The molecule has 2 fully saturated rings. The molecule has 2 aromatic rings. The topological polar surface area (TPSA) is 93.6 Å². The molecule has 7 nitrogen and oxygen atoms in total. The fraction of sp³-hybridized carbons (Fsp3) is 0.259. The van der Waals surface area contributed by atoms with Gasteiger partial charge in [-0.05, 0) is 36.1 Å². The Balaban J connectivity index is 1.40. The normalized spacial score (nSPS) is 19.9. The van der Waals surface area contributed by atoms with Crippen LogP contribution in [0.15, 0.2) is 72.1 Å². The van der Waals surface area contributed by atoms with Gasteiger partial charge in [-0.15, -0.1) is 0 Å². The van der Waals surface area contributed by atoms with Crippen molar-refractivity contribution in [3.8, 4) is 0 Å². The molecule has 0 bridgehead atoms. The van der Waals surface area contributed by atoms with Crippen LogP contribution in [0.3, 0.4) is 0 Å². The summed E-state index contributed by atoms with van der Waals surface area (Å²) >= 11 is 0. The van der Waals surface area contributed by atoms with Gasteiger partial charge in [0.25, 0.3) is 17.7 Å². The van der Waals surface area contributed by atoms with E-state index in [-0.39, 0.29) is 41.9 Å². The lowest BCUT2D eigenvalue weighted by molar-refractivity contribution is -0.127. The number of halogens is 1. The van der Waals surface area contributed by atoms with E-state index in [1.807, 2.05) is 35.2 Å². The number of hydrogen-bond donors (Lipinski definition) is 2. The second-order valence-electron chi connectivity index (χ2n) is 8.94. The summed E-state index contributed by atoms with van der Waals surface area (Å²) in [6.07, 6.45) is 2.77. The first-order valence-corrected chi connectivity index (χ1v) is 11.6. The predicted molar refractivity (Wildman–Crippen MR) is 129 cm³/mol. The minimum atomic E-state index is -0.462. The molecule has 2 heterocycles. The SMILES string of the molecule is N=C1CCN(C2CC2)C(=O)/C1=C(/NC/C(=C/F)CN1C(=O)c2ccccc2C1=O)c1ccccc1.